The van der Waals surface area contributed by atoms with E-state index < -0.39 is 24.1 Å². The Kier molecular flexibility index (Phi) is 5.33. The van der Waals surface area contributed by atoms with Gasteiger partial charge in [0.1, 0.15) is 5.82 Å². The van der Waals surface area contributed by atoms with Gasteiger partial charge in [0.05, 0.1) is 12.0 Å². The number of alkyl halides is 3. The van der Waals surface area contributed by atoms with Gasteiger partial charge in [0.25, 0.3) is 0 Å². The molecule has 1 aromatic heterocycles. The molecule has 0 radical (unpaired) electrons. The minimum absolute atomic E-state index is 0.0453. The van der Waals surface area contributed by atoms with Crippen LogP contribution in [0.3, 0.4) is 0 Å². The first-order valence-electron chi connectivity index (χ1n) is 6.91. The van der Waals surface area contributed by atoms with Crippen molar-refractivity contribution in [2.45, 2.75) is 19.0 Å². The van der Waals surface area contributed by atoms with Crippen LogP contribution >= 0.6 is 0 Å². The number of pyridine rings is 1. The summed E-state index contributed by atoms with van der Waals surface area (Å²) in [7, 11) is 0. The van der Waals surface area contributed by atoms with Crippen LogP contribution in [0.5, 0.6) is 0 Å². The van der Waals surface area contributed by atoms with Gasteiger partial charge in [0.2, 0.25) is 5.91 Å². The normalized spacial score (nSPS) is 11.3. The van der Waals surface area contributed by atoms with E-state index in [0.717, 1.165) is 11.6 Å². The maximum Gasteiger partial charge on any atom is 0.416 e. The predicted octanol–water partition coefficient (Wildman–Crippen LogP) is 2.82. The van der Waals surface area contributed by atoms with Crippen molar-refractivity contribution >= 4 is 11.7 Å². The molecule has 7 heteroatoms. The highest BCUT2D eigenvalue weighted by atomic mass is 19.4. The number of aromatic nitrogens is 1. The van der Waals surface area contributed by atoms with Crippen molar-refractivity contribution in [1.82, 2.24) is 4.98 Å². The fourth-order valence-electron chi connectivity index (χ4n) is 2.14. The Hall–Kier alpha value is -2.41. The van der Waals surface area contributed by atoms with Crippen molar-refractivity contribution in [3.05, 3.63) is 59.3 Å². The number of aliphatic hydroxyl groups excluding tert-OH is 1. The molecule has 2 N–H and O–H groups in total. The van der Waals surface area contributed by atoms with E-state index >= 15 is 0 Å². The molecule has 0 fully saturated rings. The van der Waals surface area contributed by atoms with E-state index in [1.807, 2.05) is 0 Å². The average molecular weight is 324 g/mol. The number of rotatable bonds is 5. The zero-order valence-electron chi connectivity index (χ0n) is 12.1. The van der Waals surface area contributed by atoms with Crippen LogP contribution in [0, 0.1) is 0 Å². The first-order valence-corrected chi connectivity index (χ1v) is 6.91. The van der Waals surface area contributed by atoms with E-state index in [0.29, 0.717) is 6.42 Å². The number of hydrogen-bond acceptors (Lipinski definition) is 3. The molecule has 23 heavy (non-hydrogen) atoms. The molecule has 2 aromatic rings. The lowest BCUT2D eigenvalue weighted by Gasteiger charge is -2.12. The first-order chi connectivity index (χ1) is 10.9. The summed E-state index contributed by atoms with van der Waals surface area (Å²) < 4.78 is 38.7. The molecule has 2 rings (SSSR count). The van der Waals surface area contributed by atoms with Crippen LogP contribution in [0.1, 0.15) is 16.7 Å². The molecule has 0 atom stereocenters. The molecule has 122 valence electrons. The zero-order valence-corrected chi connectivity index (χ0v) is 12.1. The van der Waals surface area contributed by atoms with E-state index in [-0.39, 0.29) is 18.0 Å². The topological polar surface area (TPSA) is 62.2 Å². The molecule has 0 saturated carbocycles. The Balaban J connectivity index is 2.10. The highest BCUT2D eigenvalue weighted by Crippen LogP contribution is 2.32. The molecule has 0 unspecified atom stereocenters. The minimum atomic E-state index is -4.50. The fourth-order valence-corrected chi connectivity index (χ4v) is 2.14. The van der Waals surface area contributed by atoms with E-state index in [4.69, 9.17) is 5.11 Å². The molecule has 1 amide bonds. The molecular weight excluding hydrogens is 309 g/mol. The summed E-state index contributed by atoms with van der Waals surface area (Å²) in [5.41, 5.74) is -0.144. The standard InChI is InChI=1S/C16H15F3N2O2/c17-16(18,19)13-4-2-1-3-12(13)10-15(23)21-14-9-11(6-8-22)5-7-20-14/h1-5,7,9,22H,6,8,10H2,(H,20,21,23). The van der Waals surface area contributed by atoms with Crippen molar-refractivity contribution in [2.24, 2.45) is 0 Å². The Morgan fingerprint density at radius 3 is 2.65 bits per heavy atom. The van der Waals surface area contributed by atoms with Gasteiger partial charge >= 0.3 is 6.18 Å². The third-order valence-electron chi connectivity index (χ3n) is 3.17. The second-order valence-corrected chi connectivity index (χ2v) is 4.90. The summed E-state index contributed by atoms with van der Waals surface area (Å²) in [6, 6.07) is 8.22. The zero-order chi connectivity index (χ0) is 16.9. The number of amides is 1. The molecule has 0 bridgehead atoms. The van der Waals surface area contributed by atoms with E-state index in [2.05, 4.69) is 10.3 Å². The molecule has 0 aliphatic heterocycles. The van der Waals surface area contributed by atoms with E-state index in [1.54, 1.807) is 12.1 Å². The Bertz CT molecular complexity index is 687. The smallest absolute Gasteiger partial charge is 0.396 e. The summed E-state index contributed by atoms with van der Waals surface area (Å²) in [5, 5.41) is 11.3. The Morgan fingerprint density at radius 1 is 1.22 bits per heavy atom. The average Bonchev–Trinajstić information content (AvgIpc) is 2.47. The summed E-state index contributed by atoms with van der Waals surface area (Å²) in [4.78, 5) is 15.9. The maximum atomic E-state index is 12.9. The van der Waals surface area contributed by atoms with Gasteiger partial charge < -0.3 is 10.4 Å². The van der Waals surface area contributed by atoms with Crippen molar-refractivity contribution in [3.63, 3.8) is 0 Å². The van der Waals surface area contributed by atoms with Crippen LogP contribution in [-0.2, 0) is 23.8 Å². The van der Waals surface area contributed by atoms with Crippen molar-refractivity contribution in [2.75, 3.05) is 11.9 Å². The highest BCUT2D eigenvalue weighted by Gasteiger charge is 2.33. The lowest BCUT2D eigenvalue weighted by atomic mass is 10.0. The van der Waals surface area contributed by atoms with Gasteiger partial charge in [0.15, 0.2) is 0 Å². The molecule has 0 saturated heterocycles. The summed E-state index contributed by atoms with van der Waals surface area (Å²) >= 11 is 0. The number of carbonyl (C=O) groups excluding carboxylic acids is 1. The van der Waals surface area contributed by atoms with E-state index in [1.165, 1.54) is 24.4 Å². The van der Waals surface area contributed by atoms with Crippen molar-refractivity contribution in [1.29, 1.82) is 0 Å². The second kappa shape index (κ2) is 7.23. The van der Waals surface area contributed by atoms with Gasteiger partial charge in [0, 0.05) is 12.8 Å². The highest BCUT2D eigenvalue weighted by molar-refractivity contribution is 5.91. The van der Waals surface area contributed by atoms with Gasteiger partial charge in [-0.1, -0.05) is 18.2 Å². The third kappa shape index (κ3) is 4.79. The predicted molar refractivity (Wildman–Crippen MR) is 78.8 cm³/mol. The summed E-state index contributed by atoms with van der Waals surface area (Å²) in [6.45, 7) is -0.0453. The minimum Gasteiger partial charge on any atom is -0.396 e. The van der Waals surface area contributed by atoms with Crippen LogP contribution in [0.2, 0.25) is 0 Å². The lowest BCUT2D eigenvalue weighted by molar-refractivity contribution is -0.138. The van der Waals surface area contributed by atoms with Crippen molar-refractivity contribution < 1.29 is 23.1 Å². The van der Waals surface area contributed by atoms with Crippen LogP contribution in [-0.4, -0.2) is 22.6 Å². The van der Waals surface area contributed by atoms with Gasteiger partial charge in [-0.25, -0.2) is 4.98 Å². The number of nitrogens with zero attached hydrogens (tertiary/aromatic N) is 1. The molecule has 1 heterocycles. The second-order valence-electron chi connectivity index (χ2n) is 4.90. The first kappa shape index (κ1) is 17.0. The van der Waals surface area contributed by atoms with E-state index in [9.17, 15) is 18.0 Å². The largest absolute Gasteiger partial charge is 0.416 e. The summed E-state index contributed by atoms with van der Waals surface area (Å²) in [5.74, 6) is -0.346. The number of halogens is 3. The number of carbonyl (C=O) groups is 1. The van der Waals surface area contributed by atoms with Crippen LogP contribution < -0.4 is 5.32 Å². The molecule has 0 aliphatic rings. The number of aliphatic hydroxyl groups is 1. The third-order valence-corrected chi connectivity index (χ3v) is 3.17. The number of hydrogen-bond donors (Lipinski definition) is 2. The van der Waals surface area contributed by atoms with Crippen LogP contribution in [0.4, 0.5) is 19.0 Å². The Morgan fingerprint density at radius 2 is 1.96 bits per heavy atom. The molecule has 0 spiro atoms. The van der Waals surface area contributed by atoms with Crippen LogP contribution in [0.25, 0.3) is 0 Å². The van der Waals surface area contributed by atoms with Gasteiger partial charge in [-0.15, -0.1) is 0 Å². The van der Waals surface area contributed by atoms with Crippen LogP contribution in [0.15, 0.2) is 42.6 Å². The number of anilines is 1. The Labute approximate surface area is 131 Å². The molecule has 1 aromatic carbocycles. The number of nitrogens with one attached hydrogen (secondary N) is 1. The molecular formula is C16H15F3N2O2. The molecule has 4 nitrogen and oxygen atoms in total. The quantitative estimate of drug-likeness (QED) is 0.889. The SMILES string of the molecule is O=C(Cc1ccccc1C(F)(F)F)Nc1cc(CCO)ccn1. The van der Waals surface area contributed by atoms with Gasteiger partial charge in [-0.05, 0) is 35.7 Å². The lowest BCUT2D eigenvalue weighted by Crippen LogP contribution is -2.18. The van der Waals surface area contributed by atoms with Gasteiger partial charge in [-0.2, -0.15) is 13.2 Å². The molecule has 0 aliphatic carbocycles. The fraction of sp³-hybridized carbons (Fsp3) is 0.250. The number of benzene rings is 1. The monoisotopic (exact) mass is 324 g/mol. The maximum absolute atomic E-state index is 12.9. The van der Waals surface area contributed by atoms with Gasteiger partial charge in [-0.3, -0.25) is 4.79 Å². The van der Waals surface area contributed by atoms with Crippen molar-refractivity contribution in [3.8, 4) is 0 Å². The summed E-state index contributed by atoms with van der Waals surface area (Å²) in [6.07, 6.45) is -3.04.